The van der Waals surface area contributed by atoms with E-state index in [-0.39, 0.29) is 5.82 Å². The van der Waals surface area contributed by atoms with Gasteiger partial charge in [-0.2, -0.15) is 0 Å². The highest BCUT2D eigenvalue weighted by Crippen LogP contribution is 2.21. The lowest BCUT2D eigenvalue weighted by atomic mass is 9.94. The molecule has 0 heterocycles. The van der Waals surface area contributed by atoms with E-state index in [4.69, 9.17) is 10.8 Å². The number of rotatable bonds is 7. The van der Waals surface area contributed by atoms with Crippen LogP contribution in [-0.2, 0) is 11.2 Å². The Balaban J connectivity index is 2.64. The van der Waals surface area contributed by atoms with Crippen LogP contribution in [-0.4, -0.2) is 17.6 Å². The summed E-state index contributed by atoms with van der Waals surface area (Å²) < 4.78 is 13.4. The average Bonchev–Trinajstić information content (AvgIpc) is 2.32. The van der Waals surface area contributed by atoms with Gasteiger partial charge in [-0.1, -0.05) is 12.5 Å². The Morgan fingerprint density at radius 1 is 1.44 bits per heavy atom. The second-order valence-electron chi connectivity index (χ2n) is 4.27. The lowest BCUT2D eigenvalue weighted by Crippen LogP contribution is -2.17. The summed E-state index contributed by atoms with van der Waals surface area (Å²) in [5.74, 6) is -1.59. The van der Waals surface area contributed by atoms with Crippen LogP contribution in [0.3, 0.4) is 0 Å². The first-order valence-corrected chi connectivity index (χ1v) is 6.70. The van der Waals surface area contributed by atoms with Gasteiger partial charge >= 0.3 is 5.97 Å². The van der Waals surface area contributed by atoms with Gasteiger partial charge in [0.15, 0.2) is 0 Å². The van der Waals surface area contributed by atoms with Gasteiger partial charge in [0.2, 0.25) is 0 Å². The fourth-order valence-electron chi connectivity index (χ4n) is 1.80. The van der Waals surface area contributed by atoms with Crippen LogP contribution in [0.1, 0.15) is 24.8 Å². The molecule has 5 heteroatoms. The van der Waals surface area contributed by atoms with Gasteiger partial charge in [-0.25, -0.2) is 4.39 Å². The minimum Gasteiger partial charge on any atom is -0.481 e. The Morgan fingerprint density at radius 3 is 2.72 bits per heavy atom. The number of carboxylic acids is 1. The van der Waals surface area contributed by atoms with E-state index in [0.29, 0.717) is 23.9 Å². The number of nitrogens with two attached hydrogens (primary N) is 1. The van der Waals surface area contributed by atoms with Gasteiger partial charge in [-0.3, -0.25) is 4.79 Å². The number of aliphatic carboxylic acids is 1. The van der Waals surface area contributed by atoms with Crippen molar-refractivity contribution < 1.29 is 14.3 Å². The summed E-state index contributed by atoms with van der Waals surface area (Å²) in [5.41, 5.74) is 6.21. The van der Waals surface area contributed by atoms with Gasteiger partial charge in [0.05, 0.1) is 10.4 Å². The molecular formula is C13H17BrFNO2. The summed E-state index contributed by atoms with van der Waals surface area (Å²) in [6.45, 7) is 0.578. The molecule has 18 heavy (non-hydrogen) atoms. The highest BCUT2D eigenvalue weighted by Gasteiger charge is 2.17. The van der Waals surface area contributed by atoms with Gasteiger partial charge in [-0.05, 0) is 59.4 Å². The van der Waals surface area contributed by atoms with Gasteiger partial charge in [0, 0.05) is 0 Å². The molecule has 0 spiro atoms. The van der Waals surface area contributed by atoms with E-state index in [2.05, 4.69) is 15.9 Å². The minimum absolute atomic E-state index is 0.339. The van der Waals surface area contributed by atoms with Gasteiger partial charge in [0.1, 0.15) is 5.82 Å². The van der Waals surface area contributed by atoms with Crippen LogP contribution in [0.2, 0.25) is 0 Å². The number of unbranched alkanes of at least 4 members (excludes halogenated alkanes) is 1. The first-order valence-electron chi connectivity index (χ1n) is 5.91. The minimum atomic E-state index is -0.813. The van der Waals surface area contributed by atoms with Crippen molar-refractivity contribution in [2.24, 2.45) is 11.7 Å². The molecule has 0 saturated carbocycles. The third-order valence-electron chi connectivity index (χ3n) is 2.82. The predicted molar refractivity (Wildman–Crippen MR) is 71.8 cm³/mol. The van der Waals surface area contributed by atoms with Crippen LogP contribution < -0.4 is 5.73 Å². The maximum absolute atomic E-state index is 13.1. The van der Waals surface area contributed by atoms with E-state index in [1.807, 2.05) is 0 Å². The Bertz CT molecular complexity index is 412. The first-order chi connectivity index (χ1) is 8.54. The Kier molecular flexibility index (Phi) is 6.29. The number of hydrogen-bond acceptors (Lipinski definition) is 2. The SMILES string of the molecule is NCCCCC(Cc1ccc(F)c(Br)c1)C(=O)O. The van der Waals surface area contributed by atoms with E-state index < -0.39 is 11.9 Å². The van der Waals surface area contributed by atoms with E-state index >= 15 is 0 Å². The quantitative estimate of drug-likeness (QED) is 0.760. The highest BCUT2D eigenvalue weighted by molar-refractivity contribution is 9.10. The molecule has 1 aromatic rings. The normalized spacial score (nSPS) is 12.4. The fraction of sp³-hybridized carbons (Fsp3) is 0.462. The molecular weight excluding hydrogens is 301 g/mol. The summed E-state index contributed by atoms with van der Waals surface area (Å²) in [4.78, 5) is 11.1. The molecule has 0 fully saturated rings. The lowest BCUT2D eigenvalue weighted by molar-refractivity contribution is -0.142. The highest BCUT2D eigenvalue weighted by atomic mass is 79.9. The molecule has 1 aromatic carbocycles. The van der Waals surface area contributed by atoms with Crippen LogP contribution in [0.25, 0.3) is 0 Å². The third kappa shape index (κ3) is 4.74. The second kappa shape index (κ2) is 7.48. The molecule has 100 valence electrons. The number of carboxylic acid groups (broad SMARTS) is 1. The number of hydrogen-bond donors (Lipinski definition) is 2. The molecule has 0 bridgehead atoms. The summed E-state index contributed by atoms with van der Waals surface area (Å²) >= 11 is 3.10. The molecule has 3 N–H and O–H groups in total. The van der Waals surface area contributed by atoms with Crippen molar-refractivity contribution >= 4 is 21.9 Å². The standard InChI is InChI=1S/C13H17BrFNO2/c14-11-8-9(4-5-12(11)15)7-10(13(17)18)3-1-2-6-16/h4-5,8,10H,1-3,6-7,16H2,(H,17,18). The molecule has 0 aliphatic rings. The first kappa shape index (κ1) is 15.1. The van der Waals surface area contributed by atoms with Gasteiger partial charge in [0.25, 0.3) is 0 Å². The third-order valence-corrected chi connectivity index (χ3v) is 3.43. The Morgan fingerprint density at radius 2 is 2.17 bits per heavy atom. The molecule has 1 rings (SSSR count). The monoisotopic (exact) mass is 317 g/mol. The fourth-order valence-corrected chi connectivity index (χ4v) is 2.23. The lowest BCUT2D eigenvalue weighted by Gasteiger charge is -2.12. The van der Waals surface area contributed by atoms with E-state index in [1.165, 1.54) is 6.07 Å². The summed E-state index contributed by atoms with van der Waals surface area (Å²) in [5, 5.41) is 9.14. The molecule has 1 unspecified atom stereocenters. The zero-order chi connectivity index (χ0) is 13.5. The summed E-state index contributed by atoms with van der Waals surface area (Å²) in [6.07, 6.45) is 2.65. The van der Waals surface area contributed by atoms with E-state index in [9.17, 15) is 9.18 Å². The van der Waals surface area contributed by atoms with Gasteiger partial charge in [-0.15, -0.1) is 0 Å². The van der Waals surface area contributed by atoms with Crippen LogP contribution in [0.5, 0.6) is 0 Å². The average molecular weight is 318 g/mol. The molecule has 0 aliphatic heterocycles. The van der Waals surface area contributed by atoms with E-state index in [0.717, 1.165) is 18.4 Å². The van der Waals surface area contributed by atoms with Crippen LogP contribution in [0.4, 0.5) is 4.39 Å². The zero-order valence-electron chi connectivity index (χ0n) is 10.0. The Hall–Kier alpha value is -0.940. The summed E-state index contributed by atoms with van der Waals surface area (Å²) in [6, 6.07) is 4.60. The van der Waals surface area contributed by atoms with Crippen molar-refractivity contribution in [2.45, 2.75) is 25.7 Å². The maximum atomic E-state index is 13.1. The molecule has 3 nitrogen and oxygen atoms in total. The largest absolute Gasteiger partial charge is 0.481 e. The van der Waals surface area contributed by atoms with Crippen LogP contribution >= 0.6 is 15.9 Å². The van der Waals surface area contributed by atoms with Crippen LogP contribution in [0, 0.1) is 11.7 Å². The van der Waals surface area contributed by atoms with Crippen molar-refractivity contribution in [2.75, 3.05) is 6.54 Å². The molecule has 0 saturated heterocycles. The smallest absolute Gasteiger partial charge is 0.306 e. The van der Waals surface area contributed by atoms with Crippen molar-refractivity contribution in [1.82, 2.24) is 0 Å². The summed E-state index contributed by atoms with van der Waals surface area (Å²) in [7, 11) is 0. The molecule has 1 atom stereocenters. The van der Waals surface area contributed by atoms with Crippen LogP contribution in [0.15, 0.2) is 22.7 Å². The zero-order valence-corrected chi connectivity index (χ0v) is 11.6. The number of carbonyl (C=O) groups is 1. The predicted octanol–water partition coefficient (Wildman–Crippen LogP) is 2.96. The van der Waals surface area contributed by atoms with Crippen molar-refractivity contribution in [3.8, 4) is 0 Å². The topological polar surface area (TPSA) is 63.3 Å². The van der Waals surface area contributed by atoms with Crippen molar-refractivity contribution in [1.29, 1.82) is 0 Å². The molecule has 0 amide bonds. The molecule has 0 aliphatic carbocycles. The maximum Gasteiger partial charge on any atom is 0.306 e. The number of benzene rings is 1. The van der Waals surface area contributed by atoms with Gasteiger partial charge < -0.3 is 10.8 Å². The van der Waals surface area contributed by atoms with Crippen molar-refractivity contribution in [3.05, 3.63) is 34.1 Å². The van der Waals surface area contributed by atoms with E-state index in [1.54, 1.807) is 12.1 Å². The Labute approximate surface area is 114 Å². The van der Waals surface area contributed by atoms with Crippen molar-refractivity contribution in [3.63, 3.8) is 0 Å². The molecule has 0 radical (unpaired) electrons. The second-order valence-corrected chi connectivity index (χ2v) is 5.13. The number of halogens is 2. The molecule has 0 aromatic heterocycles.